The minimum absolute atomic E-state index is 0.0153. The number of rotatable bonds is 9. The third kappa shape index (κ3) is 4.04. The van der Waals surface area contributed by atoms with E-state index in [-0.39, 0.29) is 22.2 Å². The molecule has 4 bridgehead atoms. The van der Waals surface area contributed by atoms with Crippen LogP contribution in [0.3, 0.4) is 0 Å². The second kappa shape index (κ2) is 8.87. The van der Waals surface area contributed by atoms with E-state index >= 15 is 0 Å². The molecule has 7 nitrogen and oxygen atoms in total. The largest absolute Gasteiger partial charge is 0.478 e. The predicted molar refractivity (Wildman–Crippen MR) is 156 cm³/mol. The normalized spacial score (nSPS) is 33.4. The number of hydrogen-bond acceptors (Lipinski definition) is 6. The van der Waals surface area contributed by atoms with Gasteiger partial charge in [-0.25, -0.2) is 9.37 Å². The maximum absolute atomic E-state index is 14.6. The third-order valence-corrected chi connectivity index (χ3v) is 11.5. The second-order valence-corrected chi connectivity index (χ2v) is 14.5. The van der Waals surface area contributed by atoms with Gasteiger partial charge in [-0.3, -0.25) is 4.79 Å². The first-order valence-electron chi connectivity index (χ1n) is 15.7. The summed E-state index contributed by atoms with van der Waals surface area (Å²) < 4.78 is 25.9. The maximum atomic E-state index is 14.6. The lowest BCUT2D eigenvalue weighted by molar-refractivity contribution is -0.211. The van der Waals surface area contributed by atoms with Crippen LogP contribution in [0, 0.1) is 10.8 Å². The number of alkyl halides is 1. The van der Waals surface area contributed by atoms with Crippen LogP contribution in [-0.4, -0.2) is 39.9 Å². The zero-order valence-electron chi connectivity index (χ0n) is 24.6. The molecule has 0 unspecified atom stereocenters. The highest BCUT2D eigenvalue weighted by Crippen LogP contribution is 2.70. The molecule has 7 fully saturated rings. The monoisotopic (exact) mass is 570 g/mol. The number of nitrogens with zero attached hydrogens (tertiary/aromatic N) is 4. The van der Waals surface area contributed by atoms with Crippen LogP contribution in [0.2, 0.25) is 0 Å². The number of carbonyl (C=O) groups excluding carboxylic acids is 1. The summed E-state index contributed by atoms with van der Waals surface area (Å²) in [5.41, 5.74) is 1.31. The summed E-state index contributed by atoms with van der Waals surface area (Å²) in [5, 5.41) is 4.49. The van der Waals surface area contributed by atoms with Gasteiger partial charge in [0, 0.05) is 40.9 Å². The molecule has 10 rings (SSSR count). The van der Waals surface area contributed by atoms with Crippen molar-refractivity contribution in [2.45, 2.75) is 101 Å². The highest BCUT2D eigenvalue weighted by atomic mass is 19.1. The molecule has 0 atom stereocenters. The van der Waals surface area contributed by atoms with Crippen molar-refractivity contribution in [1.82, 2.24) is 15.1 Å². The second-order valence-electron chi connectivity index (χ2n) is 14.5. The van der Waals surface area contributed by atoms with Crippen molar-refractivity contribution >= 4 is 11.6 Å². The van der Waals surface area contributed by atoms with Gasteiger partial charge in [0.2, 0.25) is 17.7 Å². The van der Waals surface area contributed by atoms with Gasteiger partial charge < -0.3 is 14.2 Å². The van der Waals surface area contributed by atoms with E-state index < -0.39 is 11.1 Å². The zero-order chi connectivity index (χ0) is 28.8. The van der Waals surface area contributed by atoms with Crippen LogP contribution in [0.4, 0.5) is 10.1 Å². The molecule has 3 aromatic rings. The van der Waals surface area contributed by atoms with Crippen LogP contribution in [-0.2, 0) is 15.6 Å². The van der Waals surface area contributed by atoms with Gasteiger partial charge in [0.05, 0.1) is 12.0 Å². The number of halogens is 1. The maximum Gasteiger partial charge on any atom is 0.233 e. The lowest BCUT2D eigenvalue weighted by Crippen LogP contribution is -2.71. The van der Waals surface area contributed by atoms with Gasteiger partial charge in [-0.2, -0.15) is 4.98 Å². The lowest BCUT2D eigenvalue weighted by atomic mass is 9.41. The minimum Gasteiger partial charge on any atom is -0.478 e. The average Bonchev–Trinajstić information content (AvgIpc) is 3.52. The van der Waals surface area contributed by atoms with Crippen molar-refractivity contribution in [3.8, 4) is 17.0 Å². The van der Waals surface area contributed by atoms with Crippen LogP contribution >= 0.6 is 0 Å². The topological polar surface area (TPSA) is 81.4 Å². The fourth-order valence-corrected chi connectivity index (χ4v) is 8.35. The average molecular weight is 571 g/mol. The summed E-state index contributed by atoms with van der Waals surface area (Å²) in [4.78, 5) is 25.6. The zero-order valence-corrected chi connectivity index (χ0v) is 24.6. The number of benzene rings is 1. The number of aromatic nitrogens is 3. The van der Waals surface area contributed by atoms with Crippen molar-refractivity contribution in [3.63, 3.8) is 0 Å². The first-order chi connectivity index (χ1) is 20.2. The number of anilines is 1. The summed E-state index contributed by atoms with van der Waals surface area (Å²) in [6, 6.07) is 12.1. The molecule has 1 aromatic carbocycles. The highest BCUT2D eigenvalue weighted by molar-refractivity contribution is 6.00. The molecule has 0 aliphatic heterocycles. The van der Waals surface area contributed by atoms with Crippen LogP contribution in [0.1, 0.15) is 96.2 Å². The molecule has 7 saturated carbocycles. The Morgan fingerprint density at radius 2 is 1.74 bits per heavy atom. The molecule has 220 valence electrons. The molecule has 7 aliphatic rings. The predicted octanol–water partition coefficient (Wildman–Crippen LogP) is 7.10. The highest BCUT2D eigenvalue weighted by Gasteiger charge is 2.73. The number of hydrogen-bond donors (Lipinski definition) is 0. The van der Waals surface area contributed by atoms with E-state index in [9.17, 15) is 9.18 Å². The molecule has 8 heteroatoms. The Kier molecular flexibility index (Phi) is 5.56. The van der Waals surface area contributed by atoms with E-state index in [0.29, 0.717) is 38.3 Å². The third-order valence-electron chi connectivity index (χ3n) is 11.5. The van der Waals surface area contributed by atoms with E-state index in [0.717, 1.165) is 79.9 Å². The molecule has 1 amide bonds. The van der Waals surface area contributed by atoms with Crippen molar-refractivity contribution in [3.05, 3.63) is 54.3 Å². The smallest absolute Gasteiger partial charge is 0.233 e. The van der Waals surface area contributed by atoms with Gasteiger partial charge in [0.15, 0.2) is 5.82 Å². The van der Waals surface area contributed by atoms with Gasteiger partial charge in [0.25, 0.3) is 0 Å². The summed E-state index contributed by atoms with van der Waals surface area (Å²) in [6.45, 7) is 5.39. The number of pyridine rings is 1. The molecule has 0 spiro atoms. The number of carbonyl (C=O) groups is 1. The van der Waals surface area contributed by atoms with Gasteiger partial charge in [0.1, 0.15) is 5.67 Å². The van der Waals surface area contributed by atoms with E-state index in [1.165, 1.54) is 0 Å². The number of fused-ring (bicyclic) bond motifs is 3. The van der Waals surface area contributed by atoms with Crippen molar-refractivity contribution in [2.24, 2.45) is 10.8 Å². The van der Waals surface area contributed by atoms with Crippen LogP contribution in [0.5, 0.6) is 5.88 Å². The SMILES string of the molecule is CCOc1ccc(-c2cccc(N(CC34CCC(c5noc(C6(C)CC6)n5)(CC3)CC4)C(=O)C34CC(F)(C3)C4)c2)cn1. The molecule has 7 aliphatic carbocycles. The fraction of sp³-hybridized carbons (Fsp3) is 0.588. The van der Waals surface area contributed by atoms with Gasteiger partial charge >= 0.3 is 0 Å². The van der Waals surface area contributed by atoms with Crippen LogP contribution in [0.25, 0.3) is 11.1 Å². The lowest BCUT2D eigenvalue weighted by Gasteiger charge is -2.65. The van der Waals surface area contributed by atoms with E-state index in [2.05, 4.69) is 29.2 Å². The summed E-state index contributed by atoms with van der Waals surface area (Å²) >= 11 is 0. The summed E-state index contributed by atoms with van der Waals surface area (Å²) in [7, 11) is 0. The van der Waals surface area contributed by atoms with Crippen molar-refractivity contribution < 1.29 is 18.4 Å². The molecular weight excluding hydrogens is 531 g/mol. The molecule has 0 radical (unpaired) electrons. The molecule has 0 saturated heterocycles. The Hall–Kier alpha value is -3.29. The molecule has 2 aromatic heterocycles. The number of ether oxygens (including phenoxy) is 1. The first kappa shape index (κ1) is 26.3. The minimum atomic E-state index is -1.12. The quantitative estimate of drug-likeness (QED) is 0.273. The summed E-state index contributed by atoms with van der Waals surface area (Å²) in [5.74, 6) is 2.39. The van der Waals surface area contributed by atoms with Gasteiger partial charge in [-0.05, 0) is 107 Å². The first-order valence-corrected chi connectivity index (χ1v) is 15.7. The Morgan fingerprint density at radius 1 is 1.00 bits per heavy atom. The molecule has 2 heterocycles. The summed E-state index contributed by atoms with van der Waals surface area (Å²) in [6.07, 6.45) is 11.3. The van der Waals surface area contributed by atoms with Crippen LogP contribution < -0.4 is 9.64 Å². The molecule has 42 heavy (non-hydrogen) atoms. The molecule has 0 N–H and O–H groups in total. The Balaban J connectivity index is 1.06. The fourth-order valence-electron chi connectivity index (χ4n) is 8.35. The van der Waals surface area contributed by atoms with E-state index in [1.807, 2.05) is 42.3 Å². The van der Waals surface area contributed by atoms with Crippen LogP contribution in [0.15, 0.2) is 47.1 Å². The van der Waals surface area contributed by atoms with Crippen molar-refractivity contribution in [1.29, 1.82) is 0 Å². The van der Waals surface area contributed by atoms with Gasteiger partial charge in [-0.1, -0.05) is 24.2 Å². The molecular formula is C34H39FN4O3. The van der Waals surface area contributed by atoms with E-state index in [1.54, 1.807) is 0 Å². The Labute approximate surface area is 246 Å². The van der Waals surface area contributed by atoms with Gasteiger partial charge in [-0.15, -0.1) is 0 Å². The Bertz CT molecular complexity index is 1500. The standard InChI is InChI=1S/C34H39FN4O3/c1-3-41-26-8-7-24(18-36-26)23-5-4-6-25(17-23)39(29(40)33-19-34(35,20-33)21-33)22-31-11-14-32(15-12-31,16-13-31)27-37-28(42-38-27)30(2)9-10-30/h4-8,17-18H,3,9-16,19-22H2,1-2H3. The van der Waals surface area contributed by atoms with Crippen molar-refractivity contribution in [2.75, 3.05) is 18.1 Å². The van der Waals surface area contributed by atoms with E-state index in [4.69, 9.17) is 14.2 Å². The number of amides is 1. The Morgan fingerprint density at radius 3 is 2.36 bits per heavy atom.